The molecular formula is C15H23N3O2S. The predicted octanol–water partition coefficient (Wildman–Crippen LogP) is 1.80. The normalized spacial score (nSPS) is 21.0. The number of sulfonamides is 1. The van der Waals surface area contributed by atoms with E-state index in [-0.39, 0.29) is 10.4 Å². The van der Waals surface area contributed by atoms with Gasteiger partial charge in [-0.3, -0.25) is 0 Å². The van der Waals surface area contributed by atoms with E-state index in [1.54, 1.807) is 12.3 Å². The van der Waals surface area contributed by atoms with Gasteiger partial charge in [0.15, 0.2) is 5.03 Å². The fraction of sp³-hybridized carbons (Fsp3) is 0.667. The molecule has 0 aliphatic heterocycles. The second kappa shape index (κ2) is 5.66. The van der Waals surface area contributed by atoms with Gasteiger partial charge in [-0.15, -0.1) is 0 Å². The van der Waals surface area contributed by atoms with Crippen LogP contribution in [0.1, 0.15) is 44.6 Å². The van der Waals surface area contributed by atoms with Gasteiger partial charge >= 0.3 is 0 Å². The Morgan fingerprint density at radius 1 is 1.33 bits per heavy atom. The van der Waals surface area contributed by atoms with Gasteiger partial charge in [-0.1, -0.05) is 19.4 Å². The summed E-state index contributed by atoms with van der Waals surface area (Å²) in [6.45, 7) is 3.38. The molecule has 0 saturated heterocycles. The highest BCUT2D eigenvalue weighted by Crippen LogP contribution is 2.39. The monoisotopic (exact) mass is 309 g/mol. The minimum atomic E-state index is -3.49. The number of nitrogens with zero attached hydrogens (tertiary/aromatic N) is 1. The molecule has 0 atom stereocenters. The molecule has 0 spiro atoms. The molecule has 1 heterocycles. The predicted molar refractivity (Wildman–Crippen MR) is 81.2 cm³/mol. The van der Waals surface area contributed by atoms with E-state index in [2.05, 4.69) is 21.9 Å². The molecule has 0 unspecified atom stereocenters. The highest BCUT2D eigenvalue weighted by Gasteiger charge is 2.33. The third-order valence-corrected chi connectivity index (χ3v) is 5.81. The smallest absolute Gasteiger partial charge is 0.258 e. The molecule has 2 saturated carbocycles. The van der Waals surface area contributed by atoms with Gasteiger partial charge in [0.2, 0.25) is 0 Å². The Hall–Kier alpha value is -0.980. The Morgan fingerprint density at radius 2 is 2.10 bits per heavy atom. The van der Waals surface area contributed by atoms with Crippen molar-refractivity contribution in [1.82, 2.24) is 15.0 Å². The zero-order chi connectivity index (χ0) is 14.9. The van der Waals surface area contributed by atoms with E-state index in [0.717, 1.165) is 24.9 Å². The molecule has 3 rings (SSSR count). The van der Waals surface area contributed by atoms with Crippen LogP contribution >= 0.6 is 0 Å². The summed E-state index contributed by atoms with van der Waals surface area (Å²) in [6.07, 6.45) is 7.50. The fourth-order valence-electron chi connectivity index (χ4n) is 2.52. The van der Waals surface area contributed by atoms with Gasteiger partial charge in [0.1, 0.15) is 0 Å². The minimum Gasteiger partial charge on any atom is -0.310 e. The first-order valence-electron chi connectivity index (χ1n) is 7.65. The van der Waals surface area contributed by atoms with Crippen molar-refractivity contribution in [1.29, 1.82) is 0 Å². The average molecular weight is 309 g/mol. The van der Waals surface area contributed by atoms with Crippen LogP contribution in [-0.4, -0.2) is 26.0 Å². The quantitative estimate of drug-likeness (QED) is 0.806. The maximum Gasteiger partial charge on any atom is 0.258 e. The number of hydrogen-bond donors (Lipinski definition) is 2. The second-order valence-corrected chi connectivity index (χ2v) is 8.36. The number of pyridine rings is 1. The van der Waals surface area contributed by atoms with Crippen LogP contribution in [-0.2, 0) is 16.6 Å². The summed E-state index contributed by atoms with van der Waals surface area (Å²) < 4.78 is 27.1. The van der Waals surface area contributed by atoms with Crippen molar-refractivity contribution in [3.8, 4) is 0 Å². The van der Waals surface area contributed by atoms with Crippen LogP contribution in [0.15, 0.2) is 23.4 Å². The molecule has 1 aromatic rings. The van der Waals surface area contributed by atoms with Crippen molar-refractivity contribution in [2.24, 2.45) is 5.41 Å². The van der Waals surface area contributed by atoms with Crippen molar-refractivity contribution in [3.05, 3.63) is 23.9 Å². The lowest BCUT2D eigenvalue weighted by Gasteiger charge is -2.38. The maximum absolute atomic E-state index is 12.2. The Morgan fingerprint density at radius 3 is 2.62 bits per heavy atom. The van der Waals surface area contributed by atoms with Gasteiger partial charge in [0, 0.05) is 25.3 Å². The topological polar surface area (TPSA) is 71.1 Å². The summed E-state index contributed by atoms with van der Waals surface area (Å²) in [6, 6.07) is 4.07. The van der Waals surface area contributed by atoms with Crippen molar-refractivity contribution >= 4 is 10.0 Å². The summed E-state index contributed by atoms with van der Waals surface area (Å²) in [5.74, 6) is 0. The summed E-state index contributed by atoms with van der Waals surface area (Å²) >= 11 is 0. The first-order chi connectivity index (χ1) is 9.97. The standard InChI is InChI=1S/C15H23N3O2S/c1-15(7-2-8-15)11-18-21(19,20)14-6-3-12(10-17-14)9-16-13-4-5-13/h3,6,10,13,16,18H,2,4-5,7-9,11H2,1H3. The molecule has 2 aliphatic carbocycles. The molecule has 2 fully saturated rings. The molecule has 0 bridgehead atoms. The number of rotatable bonds is 7. The Bertz CT molecular complexity index is 590. The molecule has 2 aliphatic rings. The Kier molecular flexibility index (Phi) is 4.03. The number of aromatic nitrogens is 1. The largest absolute Gasteiger partial charge is 0.310 e. The summed E-state index contributed by atoms with van der Waals surface area (Å²) in [4.78, 5) is 4.10. The highest BCUT2D eigenvalue weighted by atomic mass is 32.2. The van der Waals surface area contributed by atoms with Gasteiger partial charge in [-0.05, 0) is 42.7 Å². The van der Waals surface area contributed by atoms with E-state index >= 15 is 0 Å². The minimum absolute atomic E-state index is 0.112. The van der Waals surface area contributed by atoms with Crippen molar-refractivity contribution in [3.63, 3.8) is 0 Å². The molecule has 1 aromatic heterocycles. The van der Waals surface area contributed by atoms with Crippen LogP contribution in [0.3, 0.4) is 0 Å². The third-order valence-electron chi connectivity index (χ3n) is 4.49. The van der Waals surface area contributed by atoms with Gasteiger partial charge in [-0.25, -0.2) is 18.1 Å². The van der Waals surface area contributed by atoms with E-state index in [0.29, 0.717) is 12.6 Å². The van der Waals surface area contributed by atoms with Crippen LogP contribution < -0.4 is 10.0 Å². The lowest BCUT2D eigenvalue weighted by molar-refractivity contribution is 0.166. The van der Waals surface area contributed by atoms with Gasteiger partial charge in [0.25, 0.3) is 10.0 Å². The van der Waals surface area contributed by atoms with Crippen molar-refractivity contribution < 1.29 is 8.42 Å². The molecule has 6 heteroatoms. The van der Waals surface area contributed by atoms with E-state index in [4.69, 9.17) is 0 Å². The van der Waals surface area contributed by atoms with E-state index in [9.17, 15) is 8.42 Å². The van der Waals surface area contributed by atoms with E-state index in [1.165, 1.54) is 19.3 Å². The second-order valence-electron chi connectivity index (χ2n) is 6.65. The summed E-state index contributed by atoms with van der Waals surface area (Å²) in [5, 5.41) is 3.50. The molecule has 116 valence electrons. The van der Waals surface area contributed by atoms with Gasteiger partial charge in [0.05, 0.1) is 0 Å². The molecule has 0 aromatic carbocycles. The lowest BCUT2D eigenvalue weighted by atomic mass is 9.71. The lowest BCUT2D eigenvalue weighted by Crippen LogP contribution is -2.40. The van der Waals surface area contributed by atoms with Gasteiger partial charge < -0.3 is 5.32 Å². The molecule has 2 N–H and O–H groups in total. The van der Waals surface area contributed by atoms with E-state index < -0.39 is 10.0 Å². The van der Waals surface area contributed by atoms with Crippen molar-refractivity contribution in [2.45, 2.75) is 56.6 Å². The van der Waals surface area contributed by atoms with Crippen LogP contribution in [0.5, 0.6) is 0 Å². The molecule has 0 radical (unpaired) electrons. The fourth-order valence-corrected chi connectivity index (χ4v) is 3.65. The Labute approximate surface area is 126 Å². The summed E-state index contributed by atoms with van der Waals surface area (Å²) in [7, 11) is -3.49. The number of hydrogen-bond acceptors (Lipinski definition) is 4. The first kappa shape index (κ1) is 14.9. The highest BCUT2D eigenvalue weighted by molar-refractivity contribution is 7.89. The third kappa shape index (κ3) is 3.81. The molecule has 21 heavy (non-hydrogen) atoms. The molecule has 5 nitrogen and oxygen atoms in total. The summed E-state index contributed by atoms with van der Waals surface area (Å²) in [5.41, 5.74) is 1.15. The zero-order valence-corrected chi connectivity index (χ0v) is 13.2. The van der Waals surface area contributed by atoms with Crippen LogP contribution in [0.4, 0.5) is 0 Å². The van der Waals surface area contributed by atoms with Crippen LogP contribution in [0.25, 0.3) is 0 Å². The molecule has 0 amide bonds. The van der Waals surface area contributed by atoms with Gasteiger partial charge in [-0.2, -0.15) is 0 Å². The van der Waals surface area contributed by atoms with Crippen LogP contribution in [0.2, 0.25) is 0 Å². The SMILES string of the molecule is CC1(CNS(=O)(=O)c2ccc(CNC3CC3)cn2)CCC1. The zero-order valence-electron chi connectivity index (χ0n) is 12.4. The molecular weight excluding hydrogens is 286 g/mol. The maximum atomic E-state index is 12.2. The van der Waals surface area contributed by atoms with Crippen LogP contribution in [0, 0.1) is 5.41 Å². The average Bonchev–Trinajstić information content (AvgIpc) is 3.26. The Balaban J connectivity index is 1.58. The first-order valence-corrected chi connectivity index (χ1v) is 9.13. The van der Waals surface area contributed by atoms with E-state index in [1.807, 2.05) is 6.07 Å². The number of nitrogens with one attached hydrogen (secondary N) is 2. The van der Waals surface area contributed by atoms with Crippen molar-refractivity contribution in [2.75, 3.05) is 6.54 Å².